The predicted octanol–water partition coefficient (Wildman–Crippen LogP) is 4.47. The van der Waals surface area contributed by atoms with Crippen LogP contribution < -0.4 is 0 Å². The average Bonchev–Trinajstić information content (AvgIpc) is 2.77. The highest BCUT2D eigenvalue weighted by atomic mass is 35.5. The fourth-order valence-electron chi connectivity index (χ4n) is 1.69. The van der Waals surface area contributed by atoms with Crippen LogP contribution in [0.5, 0.6) is 0 Å². The second kappa shape index (κ2) is 7.02. The van der Waals surface area contributed by atoms with Crippen LogP contribution in [-0.2, 0) is 6.42 Å². The van der Waals surface area contributed by atoms with Gasteiger partial charge in [0.1, 0.15) is 0 Å². The van der Waals surface area contributed by atoms with Gasteiger partial charge >= 0.3 is 0 Å². The summed E-state index contributed by atoms with van der Waals surface area (Å²) in [5, 5.41) is 12.4. The smallest absolute Gasteiger partial charge is 0.216 e. The first-order valence-corrected chi connectivity index (χ1v) is 7.44. The zero-order valence-electron chi connectivity index (χ0n) is 10.9. The van der Waals surface area contributed by atoms with Gasteiger partial charge in [0.05, 0.1) is 16.3 Å². The molecule has 0 spiro atoms. The van der Waals surface area contributed by atoms with Gasteiger partial charge in [-0.2, -0.15) is 14.9 Å². The standard InChI is InChI=1S/C13H14Cl2N4S/c1-2-3-7-12-17-18-13(20)19(12)16-8-9-10(14)5-4-6-11(9)15/h4-6,8H,2-3,7H2,1H3,(H,18,20). The minimum atomic E-state index is 0.454. The van der Waals surface area contributed by atoms with Crippen molar-refractivity contribution in [3.8, 4) is 0 Å². The maximum Gasteiger partial charge on any atom is 0.216 e. The van der Waals surface area contributed by atoms with Crippen LogP contribution in [-0.4, -0.2) is 21.1 Å². The summed E-state index contributed by atoms with van der Waals surface area (Å²) in [5.74, 6) is 0.802. The van der Waals surface area contributed by atoms with Crippen LogP contribution in [0, 0.1) is 4.77 Å². The summed E-state index contributed by atoms with van der Waals surface area (Å²) in [4.78, 5) is 0. The molecule has 0 amide bonds. The Morgan fingerprint density at radius 1 is 1.40 bits per heavy atom. The molecule has 0 aliphatic carbocycles. The first kappa shape index (κ1) is 15.2. The normalized spacial score (nSPS) is 11.3. The third-order valence-corrected chi connectivity index (χ3v) is 3.70. The molecule has 2 aromatic rings. The van der Waals surface area contributed by atoms with E-state index in [0.717, 1.165) is 25.1 Å². The highest BCUT2D eigenvalue weighted by Gasteiger charge is 2.06. The molecule has 0 unspecified atom stereocenters. The van der Waals surface area contributed by atoms with E-state index in [2.05, 4.69) is 22.2 Å². The molecular weight excluding hydrogens is 315 g/mol. The summed E-state index contributed by atoms with van der Waals surface area (Å²) in [6.07, 6.45) is 4.53. The van der Waals surface area contributed by atoms with Crippen LogP contribution >= 0.6 is 35.4 Å². The summed E-state index contributed by atoms with van der Waals surface area (Å²) in [6.45, 7) is 2.12. The summed E-state index contributed by atoms with van der Waals surface area (Å²) in [5.41, 5.74) is 0.667. The molecule has 20 heavy (non-hydrogen) atoms. The molecular formula is C13H14Cl2N4S. The lowest BCUT2D eigenvalue weighted by atomic mass is 10.2. The monoisotopic (exact) mass is 328 g/mol. The van der Waals surface area contributed by atoms with Crippen molar-refractivity contribution in [2.75, 3.05) is 0 Å². The molecule has 4 nitrogen and oxygen atoms in total. The van der Waals surface area contributed by atoms with E-state index in [1.54, 1.807) is 29.1 Å². The van der Waals surface area contributed by atoms with Gasteiger partial charge < -0.3 is 0 Å². The van der Waals surface area contributed by atoms with Crippen molar-refractivity contribution >= 4 is 41.6 Å². The van der Waals surface area contributed by atoms with Gasteiger partial charge in [-0.15, -0.1) is 0 Å². The fourth-order valence-corrected chi connectivity index (χ4v) is 2.38. The molecule has 0 aliphatic rings. The molecule has 106 valence electrons. The van der Waals surface area contributed by atoms with Gasteiger partial charge in [-0.05, 0) is 30.8 Å². The van der Waals surface area contributed by atoms with Crippen LogP contribution in [0.2, 0.25) is 10.0 Å². The molecule has 0 atom stereocenters. The van der Waals surface area contributed by atoms with Crippen molar-refractivity contribution in [3.05, 3.63) is 44.4 Å². The van der Waals surface area contributed by atoms with Gasteiger partial charge in [-0.25, -0.2) is 0 Å². The Bertz CT molecular complexity index is 655. The zero-order chi connectivity index (χ0) is 14.5. The van der Waals surface area contributed by atoms with E-state index in [0.29, 0.717) is 20.4 Å². The number of rotatable bonds is 5. The Morgan fingerprint density at radius 3 is 2.75 bits per heavy atom. The van der Waals surface area contributed by atoms with Crippen molar-refractivity contribution in [3.63, 3.8) is 0 Å². The largest absolute Gasteiger partial charge is 0.250 e. The van der Waals surface area contributed by atoms with E-state index in [-0.39, 0.29) is 0 Å². The number of hydrogen-bond acceptors (Lipinski definition) is 3. The lowest BCUT2D eigenvalue weighted by Crippen LogP contribution is -1.99. The third-order valence-electron chi connectivity index (χ3n) is 2.77. The maximum absolute atomic E-state index is 6.10. The molecule has 7 heteroatoms. The molecule has 0 radical (unpaired) electrons. The molecule has 1 N–H and O–H groups in total. The Morgan fingerprint density at radius 2 is 2.10 bits per heavy atom. The number of aromatic amines is 1. The molecule has 0 saturated carbocycles. The zero-order valence-corrected chi connectivity index (χ0v) is 13.3. The van der Waals surface area contributed by atoms with E-state index in [1.807, 2.05) is 0 Å². The second-order valence-corrected chi connectivity index (χ2v) is 5.44. The summed E-state index contributed by atoms with van der Waals surface area (Å²) < 4.78 is 2.06. The van der Waals surface area contributed by atoms with Gasteiger partial charge in [0.2, 0.25) is 4.77 Å². The van der Waals surface area contributed by atoms with Crippen LogP contribution in [0.4, 0.5) is 0 Å². The molecule has 0 aliphatic heterocycles. The maximum atomic E-state index is 6.10. The van der Waals surface area contributed by atoms with E-state index in [9.17, 15) is 0 Å². The van der Waals surface area contributed by atoms with Crippen molar-refractivity contribution < 1.29 is 0 Å². The molecule has 0 fully saturated rings. The van der Waals surface area contributed by atoms with Gasteiger partial charge in [-0.1, -0.05) is 42.6 Å². The Labute approximate surface area is 132 Å². The van der Waals surface area contributed by atoms with E-state index in [4.69, 9.17) is 35.4 Å². The number of H-pyrrole nitrogens is 1. The van der Waals surface area contributed by atoms with Crippen LogP contribution in [0.25, 0.3) is 0 Å². The number of unbranched alkanes of at least 4 members (excludes halogenated alkanes) is 1. The molecule has 1 heterocycles. The van der Waals surface area contributed by atoms with Crippen molar-refractivity contribution in [2.24, 2.45) is 5.10 Å². The summed E-state index contributed by atoms with van der Waals surface area (Å²) >= 11 is 17.4. The highest BCUT2D eigenvalue weighted by Crippen LogP contribution is 2.22. The number of nitrogens with zero attached hydrogens (tertiary/aromatic N) is 3. The predicted molar refractivity (Wildman–Crippen MR) is 85.5 cm³/mol. The number of hydrogen-bond donors (Lipinski definition) is 1. The van der Waals surface area contributed by atoms with Crippen LogP contribution in [0.15, 0.2) is 23.3 Å². The third kappa shape index (κ3) is 3.48. The van der Waals surface area contributed by atoms with Crippen molar-refractivity contribution in [2.45, 2.75) is 26.2 Å². The topological polar surface area (TPSA) is 46.0 Å². The van der Waals surface area contributed by atoms with E-state index >= 15 is 0 Å². The van der Waals surface area contributed by atoms with Gasteiger partial charge in [-0.3, -0.25) is 5.10 Å². The molecule has 0 bridgehead atoms. The number of aromatic nitrogens is 3. The fraction of sp³-hybridized carbons (Fsp3) is 0.308. The van der Waals surface area contributed by atoms with Crippen LogP contribution in [0.3, 0.4) is 0 Å². The van der Waals surface area contributed by atoms with Crippen LogP contribution in [0.1, 0.15) is 31.2 Å². The minimum absolute atomic E-state index is 0.454. The van der Waals surface area contributed by atoms with Gasteiger partial charge in [0.25, 0.3) is 0 Å². The average molecular weight is 329 g/mol. The summed E-state index contributed by atoms with van der Waals surface area (Å²) in [7, 11) is 0. The molecule has 2 rings (SSSR count). The van der Waals surface area contributed by atoms with Gasteiger partial charge in [0.15, 0.2) is 5.82 Å². The van der Waals surface area contributed by atoms with Crippen molar-refractivity contribution in [1.82, 2.24) is 14.9 Å². The second-order valence-electron chi connectivity index (χ2n) is 4.24. The lowest BCUT2D eigenvalue weighted by Gasteiger charge is -2.02. The first-order chi connectivity index (χ1) is 9.63. The number of halogens is 2. The lowest BCUT2D eigenvalue weighted by molar-refractivity contribution is 0.700. The minimum Gasteiger partial charge on any atom is -0.250 e. The quantitative estimate of drug-likeness (QED) is 0.650. The Hall–Kier alpha value is -1.17. The van der Waals surface area contributed by atoms with E-state index < -0.39 is 0 Å². The number of benzene rings is 1. The molecule has 1 aromatic heterocycles. The number of aryl methyl sites for hydroxylation is 1. The Kier molecular flexibility index (Phi) is 5.34. The SMILES string of the molecule is CCCCc1n[nH]c(=S)n1N=Cc1c(Cl)cccc1Cl. The van der Waals surface area contributed by atoms with Gasteiger partial charge in [0, 0.05) is 12.0 Å². The first-order valence-electron chi connectivity index (χ1n) is 6.28. The molecule has 1 aromatic carbocycles. The highest BCUT2D eigenvalue weighted by molar-refractivity contribution is 7.71. The molecule has 0 saturated heterocycles. The number of nitrogens with one attached hydrogen (secondary N) is 1. The summed E-state index contributed by atoms with van der Waals surface area (Å²) in [6, 6.07) is 5.32. The Balaban J connectivity index is 2.32. The van der Waals surface area contributed by atoms with E-state index in [1.165, 1.54) is 0 Å². The van der Waals surface area contributed by atoms with Crippen molar-refractivity contribution in [1.29, 1.82) is 0 Å².